The molecule has 0 aromatic heterocycles. The van der Waals surface area contributed by atoms with Crippen molar-refractivity contribution in [2.24, 2.45) is 5.41 Å². The van der Waals surface area contributed by atoms with Crippen LogP contribution < -0.4 is 0 Å². The van der Waals surface area contributed by atoms with Crippen LogP contribution in [0.3, 0.4) is 0 Å². The van der Waals surface area contributed by atoms with Crippen LogP contribution in [0.5, 0.6) is 0 Å². The molecule has 0 saturated carbocycles. The minimum Gasteiger partial charge on any atom is -0.465 e. The van der Waals surface area contributed by atoms with Gasteiger partial charge in [0.1, 0.15) is 5.03 Å². The summed E-state index contributed by atoms with van der Waals surface area (Å²) in [7, 11) is 0. The molecule has 112 valence electrons. The number of cyclic esters (lactones) is 1. The van der Waals surface area contributed by atoms with Gasteiger partial charge in [-0.3, -0.25) is 9.59 Å². The van der Waals surface area contributed by atoms with Crippen LogP contribution in [-0.2, 0) is 28.6 Å². The Morgan fingerprint density at radius 1 is 1.20 bits per heavy atom. The average Bonchev–Trinajstić information content (AvgIpc) is 2.66. The number of carbonyl (C=O) groups is 3. The van der Waals surface area contributed by atoms with Crippen molar-refractivity contribution in [1.29, 1.82) is 0 Å². The molecule has 20 heavy (non-hydrogen) atoms. The fourth-order valence-electron chi connectivity index (χ4n) is 1.65. The first-order chi connectivity index (χ1) is 9.30. The third-order valence-corrected chi connectivity index (χ3v) is 3.61. The van der Waals surface area contributed by atoms with Gasteiger partial charge in [0.25, 0.3) is 0 Å². The summed E-state index contributed by atoms with van der Waals surface area (Å²) in [6, 6.07) is 0. The van der Waals surface area contributed by atoms with Gasteiger partial charge < -0.3 is 14.2 Å². The van der Waals surface area contributed by atoms with Gasteiger partial charge in [0.05, 0.1) is 18.2 Å². The van der Waals surface area contributed by atoms with Crippen LogP contribution in [0.15, 0.2) is 10.1 Å². The number of hydrogen-bond donors (Lipinski definition) is 0. The molecule has 1 heterocycles. The Labute approximate surface area is 125 Å². The van der Waals surface area contributed by atoms with Crippen LogP contribution in [0.25, 0.3) is 0 Å². The van der Waals surface area contributed by atoms with Gasteiger partial charge in [-0.05, 0) is 20.8 Å². The maximum absolute atomic E-state index is 12.1. The summed E-state index contributed by atoms with van der Waals surface area (Å²) >= 11 is 11.5. The van der Waals surface area contributed by atoms with E-state index >= 15 is 0 Å². The monoisotopic (exact) mass is 324 g/mol. The summed E-state index contributed by atoms with van der Waals surface area (Å²) in [5.41, 5.74) is -1.91. The lowest BCUT2D eigenvalue weighted by molar-refractivity contribution is -0.179. The highest BCUT2D eigenvalue weighted by Gasteiger charge is 2.57. The third-order valence-electron chi connectivity index (χ3n) is 2.77. The van der Waals surface area contributed by atoms with Crippen molar-refractivity contribution in [3.8, 4) is 0 Å². The molecular weight excluding hydrogens is 311 g/mol. The molecule has 0 saturated heterocycles. The van der Waals surface area contributed by atoms with Crippen molar-refractivity contribution in [3.63, 3.8) is 0 Å². The number of hydrogen-bond acceptors (Lipinski definition) is 6. The van der Waals surface area contributed by atoms with Crippen molar-refractivity contribution in [1.82, 2.24) is 0 Å². The first-order valence-electron chi connectivity index (χ1n) is 5.91. The molecule has 0 aliphatic carbocycles. The summed E-state index contributed by atoms with van der Waals surface area (Å²) in [6.45, 7) is 4.48. The van der Waals surface area contributed by atoms with Crippen molar-refractivity contribution < 1.29 is 28.6 Å². The Bertz CT molecular complexity index is 453. The van der Waals surface area contributed by atoms with Crippen LogP contribution in [0.1, 0.15) is 20.8 Å². The van der Waals surface area contributed by atoms with E-state index in [0.717, 1.165) is 0 Å². The predicted octanol–water partition coefficient (Wildman–Crippen LogP) is 1.73. The summed E-state index contributed by atoms with van der Waals surface area (Å²) in [6.07, 6.45) is -1.36. The second-order valence-electron chi connectivity index (χ2n) is 4.09. The van der Waals surface area contributed by atoms with E-state index < -0.39 is 29.4 Å². The van der Waals surface area contributed by atoms with Crippen LogP contribution in [0.2, 0.25) is 0 Å². The zero-order chi connectivity index (χ0) is 15.5. The molecule has 1 atom stereocenters. The molecule has 0 amide bonds. The van der Waals surface area contributed by atoms with Crippen LogP contribution >= 0.6 is 23.2 Å². The smallest absolute Gasteiger partial charge is 0.351 e. The molecule has 1 unspecified atom stereocenters. The van der Waals surface area contributed by atoms with Gasteiger partial charge in [-0.15, -0.1) is 0 Å². The van der Waals surface area contributed by atoms with Gasteiger partial charge in [0.2, 0.25) is 5.41 Å². The Hall–Kier alpha value is -1.27. The van der Waals surface area contributed by atoms with Gasteiger partial charge in [0.15, 0.2) is 6.10 Å². The minimum absolute atomic E-state index is 0.0452. The molecule has 0 bridgehead atoms. The highest BCUT2D eigenvalue weighted by Crippen LogP contribution is 2.41. The number of halogens is 2. The van der Waals surface area contributed by atoms with Gasteiger partial charge in [-0.1, -0.05) is 23.2 Å². The van der Waals surface area contributed by atoms with Crippen LogP contribution in [0.4, 0.5) is 0 Å². The molecule has 1 aliphatic rings. The maximum atomic E-state index is 12.1. The summed E-state index contributed by atoms with van der Waals surface area (Å²) in [4.78, 5) is 35.6. The lowest BCUT2D eigenvalue weighted by Gasteiger charge is -2.29. The first-order valence-corrected chi connectivity index (χ1v) is 6.66. The highest BCUT2D eigenvalue weighted by molar-refractivity contribution is 6.49. The number of ether oxygens (including phenoxy) is 3. The number of carbonyl (C=O) groups excluding carboxylic acids is 3. The summed E-state index contributed by atoms with van der Waals surface area (Å²) < 4.78 is 14.6. The van der Waals surface area contributed by atoms with E-state index in [-0.39, 0.29) is 23.3 Å². The molecule has 0 aromatic carbocycles. The third kappa shape index (κ3) is 2.76. The Kier molecular flexibility index (Phi) is 5.42. The zero-order valence-corrected chi connectivity index (χ0v) is 12.7. The van der Waals surface area contributed by atoms with Gasteiger partial charge in [-0.2, -0.15) is 0 Å². The van der Waals surface area contributed by atoms with E-state index in [9.17, 15) is 14.4 Å². The quantitative estimate of drug-likeness (QED) is 0.435. The molecule has 1 rings (SSSR count). The minimum atomic E-state index is -1.91. The van der Waals surface area contributed by atoms with E-state index in [1.807, 2.05) is 0 Å². The second-order valence-corrected chi connectivity index (χ2v) is 4.88. The van der Waals surface area contributed by atoms with E-state index in [4.69, 9.17) is 37.4 Å². The molecule has 0 spiro atoms. The Morgan fingerprint density at radius 3 is 1.95 bits per heavy atom. The lowest BCUT2D eigenvalue weighted by atomic mass is 9.84. The zero-order valence-electron chi connectivity index (χ0n) is 11.2. The van der Waals surface area contributed by atoms with E-state index in [2.05, 4.69) is 0 Å². The molecule has 8 heteroatoms. The molecule has 0 radical (unpaired) electrons. The summed E-state index contributed by atoms with van der Waals surface area (Å²) in [5.74, 6) is -2.71. The number of rotatable bonds is 5. The highest BCUT2D eigenvalue weighted by atomic mass is 35.5. The van der Waals surface area contributed by atoms with Crippen molar-refractivity contribution in [2.75, 3.05) is 13.2 Å². The molecular formula is C12H14Cl2O6. The SMILES string of the molecule is CCOC(=O)C(C)(C(=O)OCC)C1OC(=O)C(Cl)=C1Cl. The molecule has 0 fully saturated rings. The van der Waals surface area contributed by atoms with E-state index in [1.165, 1.54) is 6.92 Å². The topological polar surface area (TPSA) is 78.9 Å². The molecule has 0 aromatic rings. The standard InChI is InChI=1S/C12H14Cl2O6/c1-4-18-10(16)12(3,11(17)19-5-2)8-6(13)7(14)9(15)20-8/h8H,4-5H2,1-3H3. The maximum Gasteiger partial charge on any atom is 0.351 e. The lowest BCUT2D eigenvalue weighted by Crippen LogP contribution is -2.49. The largest absolute Gasteiger partial charge is 0.465 e. The van der Waals surface area contributed by atoms with E-state index in [0.29, 0.717) is 0 Å². The second kappa shape index (κ2) is 6.45. The predicted molar refractivity (Wildman–Crippen MR) is 70.0 cm³/mol. The van der Waals surface area contributed by atoms with Crippen molar-refractivity contribution >= 4 is 41.1 Å². The fourth-order valence-corrected chi connectivity index (χ4v) is 2.14. The van der Waals surface area contributed by atoms with Gasteiger partial charge in [-0.25, -0.2) is 4.79 Å². The fraction of sp³-hybridized carbons (Fsp3) is 0.583. The van der Waals surface area contributed by atoms with E-state index in [1.54, 1.807) is 13.8 Å². The Morgan fingerprint density at radius 2 is 1.65 bits per heavy atom. The van der Waals surface area contributed by atoms with Crippen LogP contribution in [0, 0.1) is 5.41 Å². The first kappa shape index (κ1) is 16.8. The number of esters is 3. The average molecular weight is 325 g/mol. The van der Waals surface area contributed by atoms with Crippen molar-refractivity contribution in [2.45, 2.75) is 26.9 Å². The summed E-state index contributed by atoms with van der Waals surface area (Å²) in [5, 5.41) is -0.586. The van der Waals surface area contributed by atoms with Gasteiger partial charge in [0, 0.05) is 0 Å². The Balaban J connectivity index is 3.22. The van der Waals surface area contributed by atoms with Crippen LogP contribution in [-0.4, -0.2) is 37.2 Å². The normalized spacial score (nSPS) is 18.9. The van der Waals surface area contributed by atoms with Gasteiger partial charge >= 0.3 is 17.9 Å². The molecule has 1 aliphatic heterocycles. The molecule has 6 nitrogen and oxygen atoms in total. The van der Waals surface area contributed by atoms with Crippen molar-refractivity contribution in [3.05, 3.63) is 10.1 Å². The molecule has 0 N–H and O–H groups in total.